The van der Waals surface area contributed by atoms with Crippen molar-refractivity contribution in [2.45, 2.75) is 26.4 Å². The summed E-state index contributed by atoms with van der Waals surface area (Å²) in [6.07, 6.45) is 0. The van der Waals surface area contributed by atoms with Gasteiger partial charge >= 0.3 is 0 Å². The second kappa shape index (κ2) is 9.66. The molecule has 1 heterocycles. The van der Waals surface area contributed by atoms with Gasteiger partial charge in [-0.3, -0.25) is 0 Å². The van der Waals surface area contributed by atoms with E-state index in [-0.39, 0.29) is 18.6 Å². The molecule has 0 saturated carbocycles. The highest BCUT2D eigenvalue weighted by molar-refractivity contribution is 9.10. The van der Waals surface area contributed by atoms with E-state index in [0.717, 1.165) is 27.1 Å². The van der Waals surface area contributed by atoms with E-state index in [1.54, 1.807) is 0 Å². The van der Waals surface area contributed by atoms with Crippen molar-refractivity contribution in [1.82, 2.24) is 9.97 Å². The quantitative estimate of drug-likeness (QED) is 0.462. The first-order valence-electron chi connectivity index (χ1n) is 9.36. The number of anilines is 2. The Balaban J connectivity index is 1.89. The van der Waals surface area contributed by atoms with Crippen LogP contribution in [-0.2, 0) is 6.54 Å². The molecule has 1 atom stereocenters. The summed E-state index contributed by atoms with van der Waals surface area (Å²) in [6.45, 7) is 4.78. The van der Waals surface area contributed by atoms with Gasteiger partial charge in [0.05, 0.1) is 18.3 Å². The standard InChI is InChI=1S/C22H25BrN4O/c1-15(2)20(14-28)26-22-25-19(16-8-4-3-5-9-16)12-21(27-22)24-13-17-10-6-7-11-18(17)23/h3-12,15,20,28H,13-14H2,1-2H3,(H2,24,25,26,27)/t20-/m0/s1. The summed E-state index contributed by atoms with van der Waals surface area (Å²) >= 11 is 3.58. The minimum atomic E-state index is -0.109. The van der Waals surface area contributed by atoms with Crippen molar-refractivity contribution in [3.63, 3.8) is 0 Å². The summed E-state index contributed by atoms with van der Waals surface area (Å²) in [4.78, 5) is 9.28. The average Bonchev–Trinajstić information content (AvgIpc) is 2.71. The zero-order valence-electron chi connectivity index (χ0n) is 16.1. The molecule has 3 N–H and O–H groups in total. The van der Waals surface area contributed by atoms with Crippen LogP contribution in [0.3, 0.4) is 0 Å². The van der Waals surface area contributed by atoms with Crippen molar-refractivity contribution in [3.05, 3.63) is 70.7 Å². The Morgan fingerprint density at radius 1 is 1.00 bits per heavy atom. The number of hydrogen-bond donors (Lipinski definition) is 3. The fourth-order valence-electron chi connectivity index (χ4n) is 2.78. The number of nitrogens with zero attached hydrogens (tertiary/aromatic N) is 2. The smallest absolute Gasteiger partial charge is 0.225 e. The lowest BCUT2D eigenvalue weighted by molar-refractivity contribution is 0.248. The Labute approximate surface area is 174 Å². The SMILES string of the molecule is CC(C)[C@H](CO)Nc1nc(NCc2ccccc2Br)cc(-c2ccccc2)n1. The fourth-order valence-corrected chi connectivity index (χ4v) is 3.20. The molecule has 0 saturated heterocycles. The van der Waals surface area contributed by atoms with Gasteiger partial charge in [-0.05, 0) is 17.5 Å². The molecule has 0 fully saturated rings. The van der Waals surface area contributed by atoms with E-state index < -0.39 is 0 Å². The molecule has 3 aromatic rings. The molecule has 0 bridgehead atoms. The summed E-state index contributed by atoms with van der Waals surface area (Å²) in [5, 5.41) is 16.3. The molecule has 0 radical (unpaired) electrons. The van der Waals surface area contributed by atoms with Gasteiger partial charge in [-0.1, -0.05) is 78.3 Å². The van der Waals surface area contributed by atoms with Crippen molar-refractivity contribution in [2.24, 2.45) is 5.92 Å². The van der Waals surface area contributed by atoms with E-state index >= 15 is 0 Å². The lowest BCUT2D eigenvalue weighted by atomic mass is 10.1. The maximum atomic E-state index is 9.66. The van der Waals surface area contributed by atoms with Gasteiger partial charge in [0.1, 0.15) is 5.82 Å². The van der Waals surface area contributed by atoms with Crippen molar-refractivity contribution < 1.29 is 5.11 Å². The van der Waals surface area contributed by atoms with Crippen LogP contribution in [0.15, 0.2) is 65.1 Å². The zero-order valence-corrected chi connectivity index (χ0v) is 17.6. The Bertz CT molecular complexity index is 902. The molecule has 0 aliphatic rings. The van der Waals surface area contributed by atoms with Gasteiger partial charge in [-0.15, -0.1) is 0 Å². The highest BCUT2D eigenvalue weighted by Gasteiger charge is 2.15. The van der Waals surface area contributed by atoms with Gasteiger partial charge in [0, 0.05) is 22.6 Å². The van der Waals surface area contributed by atoms with Gasteiger partial charge in [0.25, 0.3) is 0 Å². The minimum absolute atomic E-state index is 0.0241. The predicted molar refractivity (Wildman–Crippen MR) is 118 cm³/mol. The minimum Gasteiger partial charge on any atom is -0.394 e. The topological polar surface area (TPSA) is 70.1 Å². The Morgan fingerprint density at radius 2 is 1.71 bits per heavy atom. The lowest BCUT2D eigenvalue weighted by Crippen LogP contribution is -2.30. The zero-order chi connectivity index (χ0) is 19.9. The third-order valence-electron chi connectivity index (χ3n) is 4.53. The Morgan fingerprint density at radius 3 is 2.39 bits per heavy atom. The van der Waals surface area contributed by atoms with Crippen LogP contribution in [0.25, 0.3) is 11.3 Å². The van der Waals surface area contributed by atoms with Crippen LogP contribution in [0, 0.1) is 5.92 Å². The number of aliphatic hydroxyl groups is 1. The van der Waals surface area contributed by atoms with E-state index in [2.05, 4.69) is 56.4 Å². The molecule has 0 unspecified atom stereocenters. The maximum Gasteiger partial charge on any atom is 0.225 e. The van der Waals surface area contributed by atoms with Crippen LogP contribution >= 0.6 is 15.9 Å². The third kappa shape index (κ3) is 5.30. The predicted octanol–water partition coefficient (Wildman–Crippen LogP) is 4.95. The van der Waals surface area contributed by atoms with Crippen molar-refractivity contribution in [3.8, 4) is 11.3 Å². The summed E-state index contributed by atoms with van der Waals surface area (Å²) < 4.78 is 1.05. The molecule has 28 heavy (non-hydrogen) atoms. The molecule has 5 nitrogen and oxygen atoms in total. The van der Waals surface area contributed by atoms with E-state index in [1.807, 2.05) is 54.6 Å². The van der Waals surface area contributed by atoms with Gasteiger partial charge in [-0.2, -0.15) is 4.98 Å². The third-order valence-corrected chi connectivity index (χ3v) is 5.30. The van der Waals surface area contributed by atoms with Crippen LogP contribution in [0.5, 0.6) is 0 Å². The molecule has 1 aromatic heterocycles. The number of aliphatic hydroxyl groups excluding tert-OH is 1. The number of rotatable bonds is 8. The molecule has 146 valence electrons. The number of halogens is 1. The molecule has 0 spiro atoms. The van der Waals surface area contributed by atoms with Crippen LogP contribution < -0.4 is 10.6 Å². The molecule has 0 aliphatic carbocycles. The van der Waals surface area contributed by atoms with Crippen LogP contribution in [0.4, 0.5) is 11.8 Å². The average molecular weight is 441 g/mol. The molecule has 6 heteroatoms. The van der Waals surface area contributed by atoms with Gasteiger partial charge < -0.3 is 15.7 Å². The first kappa shape index (κ1) is 20.3. The second-order valence-corrected chi connectivity index (χ2v) is 7.80. The van der Waals surface area contributed by atoms with E-state index in [9.17, 15) is 5.11 Å². The lowest BCUT2D eigenvalue weighted by Gasteiger charge is -2.20. The van der Waals surface area contributed by atoms with Crippen LogP contribution in [-0.4, -0.2) is 27.7 Å². The number of nitrogens with one attached hydrogen (secondary N) is 2. The Kier molecular flexibility index (Phi) is 7.01. The van der Waals surface area contributed by atoms with Crippen molar-refractivity contribution in [2.75, 3.05) is 17.2 Å². The Hall–Kier alpha value is -2.44. The molecule has 0 aliphatic heterocycles. The normalized spacial score (nSPS) is 12.0. The number of hydrogen-bond acceptors (Lipinski definition) is 5. The van der Waals surface area contributed by atoms with Crippen LogP contribution in [0.1, 0.15) is 19.4 Å². The summed E-state index contributed by atoms with van der Waals surface area (Å²) in [6, 6.07) is 19.9. The van der Waals surface area contributed by atoms with Gasteiger partial charge in [0.2, 0.25) is 5.95 Å². The number of benzene rings is 2. The fraction of sp³-hybridized carbons (Fsp3) is 0.273. The maximum absolute atomic E-state index is 9.66. The molecule has 2 aromatic carbocycles. The van der Waals surface area contributed by atoms with E-state index in [0.29, 0.717) is 12.5 Å². The van der Waals surface area contributed by atoms with Crippen molar-refractivity contribution in [1.29, 1.82) is 0 Å². The van der Waals surface area contributed by atoms with Gasteiger partial charge in [0.15, 0.2) is 0 Å². The van der Waals surface area contributed by atoms with Crippen molar-refractivity contribution >= 4 is 27.7 Å². The molecular weight excluding hydrogens is 416 g/mol. The summed E-state index contributed by atoms with van der Waals surface area (Å²) in [5.41, 5.74) is 2.99. The highest BCUT2D eigenvalue weighted by atomic mass is 79.9. The molecule has 3 rings (SSSR count). The first-order chi connectivity index (χ1) is 13.6. The molecular formula is C22H25BrN4O. The molecule has 0 amide bonds. The highest BCUT2D eigenvalue weighted by Crippen LogP contribution is 2.23. The second-order valence-electron chi connectivity index (χ2n) is 6.95. The van der Waals surface area contributed by atoms with Gasteiger partial charge in [-0.25, -0.2) is 4.98 Å². The van der Waals surface area contributed by atoms with E-state index in [1.165, 1.54) is 0 Å². The summed E-state index contributed by atoms with van der Waals surface area (Å²) in [5.74, 6) is 1.49. The summed E-state index contributed by atoms with van der Waals surface area (Å²) in [7, 11) is 0. The van der Waals surface area contributed by atoms with Crippen LogP contribution in [0.2, 0.25) is 0 Å². The largest absolute Gasteiger partial charge is 0.394 e. The van der Waals surface area contributed by atoms with E-state index in [4.69, 9.17) is 0 Å². The number of aromatic nitrogens is 2. The first-order valence-corrected chi connectivity index (χ1v) is 10.2. The monoisotopic (exact) mass is 440 g/mol.